The predicted molar refractivity (Wildman–Crippen MR) is 68.3 cm³/mol. The van der Waals surface area contributed by atoms with Gasteiger partial charge in [-0.25, -0.2) is 4.79 Å². The molecule has 0 saturated carbocycles. The summed E-state index contributed by atoms with van der Waals surface area (Å²) in [6, 6.07) is 0. The maximum Gasteiger partial charge on any atom is 0.333 e. The van der Waals surface area contributed by atoms with Crippen molar-refractivity contribution in [3.8, 4) is 0 Å². The summed E-state index contributed by atoms with van der Waals surface area (Å²) in [7, 11) is 0. The van der Waals surface area contributed by atoms with Crippen LogP contribution in [0.1, 0.15) is 59.3 Å². The fourth-order valence-electron chi connectivity index (χ4n) is 1.38. The van der Waals surface area contributed by atoms with Crippen molar-refractivity contribution in [3.05, 3.63) is 12.2 Å². The molecule has 0 amide bonds. The van der Waals surface area contributed by atoms with Gasteiger partial charge in [0.15, 0.2) is 0 Å². The molecule has 0 unspecified atom stereocenters. The monoisotopic (exact) mass is 226 g/mol. The van der Waals surface area contributed by atoms with Crippen molar-refractivity contribution < 1.29 is 9.53 Å². The number of esters is 1. The van der Waals surface area contributed by atoms with E-state index in [0.29, 0.717) is 12.2 Å². The molecule has 0 aliphatic rings. The van der Waals surface area contributed by atoms with E-state index in [4.69, 9.17) is 4.74 Å². The maximum absolute atomic E-state index is 11.4. The van der Waals surface area contributed by atoms with Gasteiger partial charge in [0.05, 0.1) is 6.61 Å². The number of hydrogen-bond acceptors (Lipinski definition) is 2. The lowest BCUT2D eigenvalue weighted by Crippen LogP contribution is -2.12. The first-order chi connectivity index (χ1) is 7.59. The molecule has 0 aromatic carbocycles. The summed E-state index contributed by atoms with van der Waals surface area (Å²) in [6.45, 7) is 10.4. The Labute approximate surface area is 100 Å². The topological polar surface area (TPSA) is 26.3 Å². The van der Waals surface area contributed by atoms with Gasteiger partial charge in [-0.1, -0.05) is 59.5 Å². The van der Waals surface area contributed by atoms with E-state index in [9.17, 15) is 4.79 Å². The van der Waals surface area contributed by atoms with Crippen LogP contribution in [-0.2, 0) is 9.53 Å². The minimum Gasteiger partial charge on any atom is -0.462 e. The molecule has 0 bridgehead atoms. The molecule has 94 valence electrons. The number of hydrogen-bond donors (Lipinski definition) is 0. The van der Waals surface area contributed by atoms with Crippen LogP contribution in [0.25, 0.3) is 0 Å². The van der Waals surface area contributed by atoms with E-state index in [2.05, 4.69) is 13.5 Å². The zero-order valence-electron chi connectivity index (χ0n) is 11.1. The zero-order valence-corrected chi connectivity index (χ0v) is 11.1. The van der Waals surface area contributed by atoms with E-state index < -0.39 is 0 Å². The van der Waals surface area contributed by atoms with E-state index in [0.717, 1.165) is 12.8 Å². The standard InChI is InChI=1S/C14H26O2/c1-5-6-7-8-9-10-11-16-14(15)13(4)12(2)3/h12H,4-11H2,1-3H3. The van der Waals surface area contributed by atoms with Crippen LogP contribution >= 0.6 is 0 Å². The van der Waals surface area contributed by atoms with Crippen LogP contribution in [0.15, 0.2) is 12.2 Å². The van der Waals surface area contributed by atoms with Gasteiger partial charge >= 0.3 is 5.97 Å². The highest BCUT2D eigenvalue weighted by molar-refractivity contribution is 5.88. The molecule has 0 radical (unpaired) electrons. The van der Waals surface area contributed by atoms with Gasteiger partial charge in [0.2, 0.25) is 0 Å². The number of carbonyl (C=O) groups excluding carboxylic acids is 1. The van der Waals surface area contributed by atoms with Gasteiger partial charge in [0.1, 0.15) is 0 Å². The van der Waals surface area contributed by atoms with Crippen LogP contribution in [0, 0.1) is 5.92 Å². The third-order valence-corrected chi connectivity index (χ3v) is 2.69. The molecule has 2 nitrogen and oxygen atoms in total. The lowest BCUT2D eigenvalue weighted by atomic mass is 10.1. The predicted octanol–water partition coefficient (Wildman–Crippen LogP) is 4.10. The molecule has 0 heterocycles. The van der Waals surface area contributed by atoms with Crippen LogP contribution < -0.4 is 0 Å². The quantitative estimate of drug-likeness (QED) is 0.336. The third kappa shape index (κ3) is 7.49. The van der Waals surface area contributed by atoms with Crippen molar-refractivity contribution in [1.29, 1.82) is 0 Å². The van der Waals surface area contributed by atoms with Crippen LogP contribution in [0.2, 0.25) is 0 Å². The molecule has 0 aliphatic carbocycles. The Balaban J connectivity index is 3.38. The molecule has 0 fully saturated rings. The minimum atomic E-state index is -0.233. The average Bonchev–Trinajstić information content (AvgIpc) is 2.26. The number of carbonyl (C=O) groups is 1. The lowest BCUT2D eigenvalue weighted by molar-refractivity contribution is -0.139. The van der Waals surface area contributed by atoms with Crippen LogP contribution in [0.3, 0.4) is 0 Å². The van der Waals surface area contributed by atoms with E-state index in [1.165, 1.54) is 25.7 Å². The fraction of sp³-hybridized carbons (Fsp3) is 0.786. The SMILES string of the molecule is C=C(C(=O)OCCCCCCCC)C(C)C. The van der Waals surface area contributed by atoms with Crippen LogP contribution in [0.4, 0.5) is 0 Å². The van der Waals surface area contributed by atoms with Crippen molar-refractivity contribution in [2.45, 2.75) is 59.3 Å². The lowest BCUT2D eigenvalue weighted by Gasteiger charge is -2.09. The molecule has 0 saturated heterocycles. The summed E-state index contributed by atoms with van der Waals surface area (Å²) < 4.78 is 5.13. The van der Waals surface area contributed by atoms with Crippen molar-refractivity contribution in [3.63, 3.8) is 0 Å². The molecule has 0 rings (SSSR count). The fourth-order valence-corrected chi connectivity index (χ4v) is 1.38. The minimum absolute atomic E-state index is 0.178. The Kier molecular flexibility index (Phi) is 8.97. The number of ether oxygens (including phenoxy) is 1. The van der Waals surface area contributed by atoms with Gasteiger partial charge in [-0.15, -0.1) is 0 Å². The Hall–Kier alpha value is -0.790. The van der Waals surface area contributed by atoms with Gasteiger partial charge in [-0.2, -0.15) is 0 Å². The summed E-state index contributed by atoms with van der Waals surface area (Å²) in [5.41, 5.74) is 0.575. The van der Waals surface area contributed by atoms with Crippen LogP contribution in [-0.4, -0.2) is 12.6 Å². The van der Waals surface area contributed by atoms with E-state index in [-0.39, 0.29) is 11.9 Å². The van der Waals surface area contributed by atoms with E-state index in [1.807, 2.05) is 13.8 Å². The summed E-state index contributed by atoms with van der Waals surface area (Å²) in [4.78, 5) is 11.4. The van der Waals surface area contributed by atoms with Crippen molar-refractivity contribution in [2.75, 3.05) is 6.61 Å². The largest absolute Gasteiger partial charge is 0.462 e. The second-order valence-electron chi connectivity index (χ2n) is 4.58. The second-order valence-corrected chi connectivity index (χ2v) is 4.58. The zero-order chi connectivity index (χ0) is 12.4. The molecular weight excluding hydrogens is 200 g/mol. The molecule has 16 heavy (non-hydrogen) atoms. The first kappa shape index (κ1) is 15.2. The van der Waals surface area contributed by atoms with Gasteiger partial charge in [0, 0.05) is 5.57 Å². The number of rotatable bonds is 9. The number of unbranched alkanes of at least 4 members (excludes halogenated alkanes) is 5. The van der Waals surface area contributed by atoms with E-state index >= 15 is 0 Å². The summed E-state index contributed by atoms with van der Waals surface area (Å²) in [5.74, 6) is -0.0550. The molecule has 0 atom stereocenters. The second kappa shape index (κ2) is 9.44. The van der Waals surface area contributed by atoms with Crippen molar-refractivity contribution >= 4 is 5.97 Å². The van der Waals surface area contributed by atoms with Crippen LogP contribution in [0.5, 0.6) is 0 Å². The normalized spacial score (nSPS) is 10.5. The third-order valence-electron chi connectivity index (χ3n) is 2.69. The summed E-state index contributed by atoms with van der Waals surface area (Å²) in [6.07, 6.45) is 7.25. The Morgan fingerprint density at radius 3 is 2.25 bits per heavy atom. The highest BCUT2D eigenvalue weighted by atomic mass is 16.5. The molecule has 0 aliphatic heterocycles. The molecular formula is C14H26O2. The summed E-state index contributed by atoms with van der Waals surface area (Å²) in [5, 5.41) is 0. The highest BCUT2D eigenvalue weighted by Gasteiger charge is 2.11. The maximum atomic E-state index is 11.4. The Morgan fingerprint density at radius 2 is 1.69 bits per heavy atom. The van der Waals surface area contributed by atoms with Gasteiger partial charge in [-0.3, -0.25) is 0 Å². The first-order valence-electron chi connectivity index (χ1n) is 6.45. The molecule has 0 aromatic heterocycles. The van der Waals surface area contributed by atoms with Gasteiger partial charge < -0.3 is 4.74 Å². The molecule has 0 N–H and O–H groups in total. The van der Waals surface area contributed by atoms with Gasteiger partial charge in [0.25, 0.3) is 0 Å². The summed E-state index contributed by atoms with van der Waals surface area (Å²) >= 11 is 0. The first-order valence-corrected chi connectivity index (χ1v) is 6.45. The van der Waals surface area contributed by atoms with Gasteiger partial charge in [-0.05, 0) is 12.3 Å². The van der Waals surface area contributed by atoms with Crippen molar-refractivity contribution in [1.82, 2.24) is 0 Å². The molecule has 2 heteroatoms. The average molecular weight is 226 g/mol. The molecule has 0 spiro atoms. The molecule has 0 aromatic rings. The van der Waals surface area contributed by atoms with E-state index in [1.54, 1.807) is 0 Å². The smallest absolute Gasteiger partial charge is 0.333 e. The Morgan fingerprint density at radius 1 is 1.12 bits per heavy atom. The highest BCUT2D eigenvalue weighted by Crippen LogP contribution is 2.09. The Bertz CT molecular complexity index is 207. The van der Waals surface area contributed by atoms with Crippen molar-refractivity contribution in [2.24, 2.45) is 5.92 Å².